The van der Waals surface area contributed by atoms with Gasteiger partial charge in [0.15, 0.2) is 0 Å². The van der Waals surface area contributed by atoms with E-state index in [2.05, 4.69) is 191 Å². The van der Waals surface area contributed by atoms with Crippen molar-refractivity contribution in [3.63, 3.8) is 0 Å². The summed E-state index contributed by atoms with van der Waals surface area (Å²) in [6.07, 6.45) is 8.85. The molecule has 2 heteroatoms. The first-order valence-corrected chi connectivity index (χ1v) is 19.8. The number of rotatable bonds is 8. The zero-order valence-electron chi connectivity index (χ0n) is 29.5. The number of fused-ring (bicyclic) bond motifs is 3. The van der Waals surface area contributed by atoms with Crippen molar-refractivity contribution in [2.45, 2.75) is 31.1 Å². The van der Waals surface area contributed by atoms with Crippen LogP contribution in [0.15, 0.2) is 158 Å². The van der Waals surface area contributed by atoms with E-state index in [0.717, 1.165) is 28.2 Å². The molecular weight excluding hydrogens is 611 g/mol. The highest BCUT2D eigenvalue weighted by atomic mass is 32.3. The molecule has 0 aromatic heterocycles. The third-order valence-corrected chi connectivity index (χ3v) is 11.8. The molecule has 0 heterocycles. The number of anilines is 3. The Hall–Kier alpha value is -5.05. The molecule has 0 spiro atoms. The highest BCUT2D eigenvalue weighted by Gasteiger charge is 2.36. The van der Waals surface area contributed by atoms with E-state index in [1.807, 2.05) is 6.08 Å². The minimum absolute atomic E-state index is 0.0287. The summed E-state index contributed by atoms with van der Waals surface area (Å²) in [7, 11) is -0.757. The van der Waals surface area contributed by atoms with E-state index >= 15 is 0 Å². The summed E-state index contributed by atoms with van der Waals surface area (Å²) in [6.45, 7) is 15.1. The van der Waals surface area contributed by atoms with Gasteiger partial charge in [0.1, 0.15) is 0 Å². The molecule has 6 aromatic carbocycles. The fraction of sp³-hybridized carbons (Fsp3) is 0.149. The van der Waals surface area contributed by atoms with Crippen molar-refractivity contribution in [1.29, 1.82) is 0 Å². The number of hydrogen-bond acceptors (Lipinski definition) is 1. The molecule has 0 bridgehead atoms. The molecule has 244 valence electrons. The van der Waals surface area contributed by atoms with Crippen LogP contribution in [0, 0.1) is 6.92 Å². The topological polar surface area (TPSA) is 3.24 Å². The van der Waals surface area contributed by atoms with Crippen LogP contribution >= 0.6 is 10.0 Å². The van der Waals surface area contributed by atoms with Crippen LogP contribution in [0.5, 0.6) is 0 Å². The van der Waals surface area contributed by atoms with Gasteiger partial charge in [0.2, 0.25) is 0 Å². The summed E-state index contributed by atoms with van der Waals surface area (Å²) in [5.74, 6) is 0. The molecule has 0 saturated heterocycles. The molecule has 6 aromatic rings. The number of nitrogens with zero attached hydrogens (tertiary/aromatic N) is 1. The van der Waals surface area contributed by atoms with Crippen LogP contribution < -0.4 is 4.90 Å². The Morgan fingerprint density at radius 1 is 0.612 bits per heavy atom. The van der Waals surface area contributed by atoms with Crippen LogP contribution in [-0.4, -0.2) is 18.8 Å². The lowest BCUT2D eigenvalue weighted by Gasteiger charge is -2.27. The zero-order valence-corrected chi connectivity index (χ0v) is 30.4. The first-order chi connectivity index (χ1) is 23.5. The molecule has 0 N–H and O–H groups in total. The van der Waals surface area contributed by atoms with Crippen molar-refractivity contribution in [3.05, 3.63) is 175 Å². The Morgan fingerprint density at radius 3 is 1.76 bits per heavy atom. The van der Waals surface area contributed by atoms with Gasteiger partial charge in [-0.3, -0.25) is 0 Å². The first-order valence-electron chi connectivity index (χ1n) is 16.9. The standard InChI is InChI=1S/C47H45NS/c1-9-32(2)43-31-39(24-17-33(43)3)48(37-25-18-34(19-26-37)35-22-29-40(30-23-35)49(6,7)8)38-27-20-36(21-28-38)41-14-12-16-45-46(41)42-13-10-11-15-44(42)47(45,4)5/h9-31H,1-2H2,3-8H3. The normalized spacial score (nSPS) is 13.3. The average molecular weight is 656 g/mol. The second-order valence-electron chi connectivity index (χ2n) is 14.4. The molecule has 0 amide bonds. The molecule has 0 aliphatic heterocycles. The maximum Gasteiger partial charge on any atom is 0.0467 e. The molecule has 0 radical (unpaired) electrons. The zero-order chi connectivity index (χ0) is 34.5. The Labute approximate surface area is 294 Å². The molecule has 1 aliphatic rings. The summed E-state index contributed by atoms with van der Waals surface area (Å²) in [5.41, 5.74) is 16.9. The van der Waals surface area contributed by atoms with Crippen molar-refractivity contribution >= 4 is 32.7 Å². The van der Waals surface area contributed by atoms with Gasteiger partial charge in [0.05, 0.1) is 0 Å². The van der Waals surface area contributed by atoms with Crippen LogP contribution in [0.2, 0.25) is 0 Å². The van der Waals surface area contributed by atoms with Gasteiger partial charge in [-0.05, 0) is 140 Å². The summed E-state index contributed by atoms with van der Waals surface area (Å²) < 4.78 is 0. The van der Waals surface area contributed by atoms with Crippen molar-refractivity contribution in [1.82, 2.24) is 0 Å². The van der Waals surface area contributed by atoms with Crippen LogP contribution in [-0.2, 0) is 5.41 Å². The average Bonchev–Trinajstić information content (AvgIpc) is 3.35. The van der Waals surface area contributed by atoms with Gasteiger partial charge in [-0.25, -0.2) is 10.0 Å². The Kier molecular flexibility index (Phi) is 8.25. The predicted octanol–water partition coefficient (Wildman–Crippen LogP) is 13.4. The fourth-order valence-electron chi connectivity index (χ4n) is 7.30. The van der Waals surface area contributed by atoms with Crippen molar-refractivity contribution in [3.8, 4) is 33.4 Å². The Morgan fingerprint density at radius 2 is 1.14 bits per heavy atom. The molecular formula is C47H45NS. The largest absolute Gasteiger partial charge is 0.310 e. The minimum Gasteiger partial charge on any atom is -0.310 e. The number of aryl methyl sites for hydroxylation is 1. The third-order valence-electron chi connectivity index (χ3n) is 10.1. The molecule has 1 aliphatic carbocycles. The van der Waals surface area contributed by atoms with Gasteiger partial charge < -0.3 is 4.90 Å². The molecule has 1 nitrogen and oxygen atoms in total. The second-order valence-corrected chi connectivity index (χ2v) is 18.6. The highest BCUT2D eigenvalue weighted by Crippen LogP contribution is 2.52. The van der Waals surface area contributed by atoms with E-state index in [0.29, 0.717) is 0 Å². The molecule has 0 atom stereocenters. The summed E-state index contributed by atoms with van der Waals surface area (Å²) >= 11 is 0. The quantitative estimate of drug-likeness (QED) is 0.148. The Bertz CT molecular complexity index is 2190. The molecule has 7 rings (SSSR count). The van der Waals surface area contributed by atoms with Gasteiger partial charge in [0, 0.05) is 22.5 Å². The minimum atomic E-state index is -0.757. The first kappa shape index (κ1) is 32.5. The van der Waals surface area contributed by atoms with Gasteiger partial charge in [-0.1, -0.05) is 118 Å². The lowest BCUT2D eigenvalue weighted by atomic mass is 9.82. The van der Waals surface area contributed by atoms with Crippen LogP contribution in [0.1, 0.15) is 36.1 Å². The van der Waals surface area contributed by atoms with E-state index in [-0.39, 0.29) is 5.41 Å². The summed E-state index contributed by atoms with van der Waals surface area (Å²) in [5, 5.41) is 0. The van der Waals surface area contributed by atoms with Crippen LogP contribution in [0.25, 0.3) is 39.0 Å². The number of allylic oxidation sites excluding steroid dienone is 2. The number of hydrogen-bond donors (Lipinski definition) is 0. The van der Waals surface area contributed by atoms with Crippen molar-refractivity contribution in [2.24, 2.45) is 0 Å². The van der Waals surface area contributed by atoms with E-state index in [4.69, 9.17) is 0 Å². The van der Waals surface area contributed by atoms with Crippen molar-refractivity contribution in [2.75, 3.05) is 23.7 Å². The van der Waals surface area contributed by atoms with E-state index < -0.39 is 10.0 Å². The highest BCUT2D eigenvalue weighted by molar-refractivity contribution is 8.32. The lowest BCUT2D eigenvalue weighted by Crippen LogP contribution is -2.14. The smallest absolute Gasteiger partial charge is 0.0467 e. The lowest BCUT2D eigenvalue weighted by molar-refractivity contribution is 0.660. The SMILES string of the molecule is C=CC(=C)c1cc(N(c2ccc(-c3ccc(S(C)(C)C)cc3)cc2)c2ccc(-c3cccc4c3-c3ccccc3C4(C)C)cc2)ccc1C. The summed E-state index contributed by atoms with van der Waals surface area (Å²) in [4.78, 5) is 3.76. The van der Waals surface area contributed by atoms with Crippen LogP contribution in [0.3, 0.4) is 0 Å². The number of benzene rings is 6. The second kappa shape index (κ2) is 12.4. The van der Waals surface area contributed by atoms with Gasteiger partial charge in [-0.15, -0.1) is 0 Å². The van der Waals surface area contributed by atoms with Gasteiger partial charge >= 0.3 is 0 Å². The molecule has 0 fully saturated rings. The molecule has 0 unspecified atom stereocenters. The summed E-state index contributed by atoms with van der Waals surface area (Å²) in [6, 6.07) is 49.3. The van der Waals surface area contributed by atoms with Crippen LogP contribution in [0.4, 0.5) is 17.1 Å². The monoisotopic (exact) mass is 655 g/mol. The predicted molar refractivity (Wildman–Crippen MR) is 217 cm³/mol. The Balaban J connectivity index is 1.30. The molecule has 49 heavy (non-hydrogen) atoms. The van der Waals surface area contributed by atoms with E-state index in [9.17, 15) is 0 Å². The van der Waals surface area contributed by atoms with Gasteiger partial charge in [0.25, 0.3) is 0 Å². The van der Waals surface area contributed by atoms with E-state index in [1.165, 1.54) is 55.0 Å². The fourth-order valence-corrected chi connectivity index (χ4v) is 8.25. The van der Waals surface area contributed by atoms with Crippen molar-refractivity contribution < 1.29 is 0 Å². The molecule has 0 saturated carbocycles. The van der Waals surface area contributed by atoms with E-state index in [1.54, 1.807) is 0 Å². The third kappa shape index (κ3) is 5.85. The maximum atomic E-state index is 4.28. The van der Waals surface area contributed by atoms with Gasteiger partial charge in [-0.2, -0.15) is 0 Å². The maximum absolute atomic E-state index is 4.28.